The smallest absolute Gasteiger partial charge is 0.237 e. The first-order chi connectivity index (χ1) is 12.8. The molecule has 0 spiro atoms. The number of methoxy groups -OCH3 is 1. The van der Waals surface area contributed by atoms with E-state index in [4.69, 9.17) is 4.74 Å². The fourth-order valence-electron chi connectivity index (χ4n) is 2.32. The predicted molar refractivity (Wildman–Crippen MR) is 103 cm³/mol. The topological polar surface area (TPSA) is 26.3 Å². The molecule has 124 valence electrons. The zero-order valence-corrected chi connectivity index (χ0v) is 14.3. The lowest BCUT2D eigenvalue weighted by atomic mass is 10.0. The second-order valence-electron chi connectivity index (χ2n) is 5.47. The molecule has 3 rings (SSSR count). The van der Waals surface area contributed by atoms with Crippen molar-refractivity contribution in [1.82, 2.24) is 0 Å². The van der Waals surface area contributed by atoms with Crippen molar-refractivity contribution < 1.29 is 9.53 Å². The number of hydrogen-bond donors (Lipinski definition) is 0. The quantitative estimate of drug-likeness (QED) is 0.514. The number of hydrogen-bond acceptors (Lipinski definition) is 2. The molecule has 0 amide bonds. The summed E-state index contributed by atoms with van der Waals surface area (Å²) in [6, 6.07) is 24.2. The third kappa shape index (κ3) is 4.41. The highest BCUT2D eigenvalue weighted by Crippen LogP contribution is 2.11. The van der Waals surface area contributed by atoms with Crippen molar-refractivity contribution in [2.45, 2.75) is 0 Å². The summed E-state index contributed by atoms with van der Waals surface area (Å²) in [5.74, 6) is 12.2. The van der Waals surface area contributed by atoms with Crippen LogP contribution < -0.4 is 4.74 Å². The largest absolute Gasteiger partial charge is 0.497 e. The van der Waals surface area contributed by atoms with Crippen LogP contribution in [0.1, 0.15) is 27.0 Å². The Bertz CT molecular complexity index is 1020. The lowest BCUT2D eigenvalue weighted by molar-refractivity contribution is 0.105. The highest BCUT2D eigenvalue weighted by atomic mass is 16.5. The van der Waals surface area contributed by atoms with Crippen LogP contribution in [0.4, 0.5) is 0 Å². The molecule has 0 fully saturated rings. The monoisotopic (exact) mass is 336 g/mol. The maximum absolute atomic E-state index is 12.5. The van der Waals surface area contributed by atoms with E-state index in [1.54, 1.807) is 13.2 Å². The maximum Gasteiger partial charge on any atom is 0.237 e. The van der Waals surface area contributed by atoms with Crippen molar-refractivity contribution in [2.24, 2.45) is 0 Å². The van der Waals surface area contributed by atoms with Gasteiger partial charge in [0, 0.05) is 22.3 Å². The van der Waals surface area contributed by atoms with E-state index in [1.807, 2.05) is 72.8 Å². The molecule has 0 atom stereocenters. The molecule has 0 aliphatic rings. The molecule has 0 radical (unpaired) electrons. The Morgan fingerprint density at radius 1 is 0.731 bits per heavy atom. The Kier molecular flexibility index (Phi) is 5.51. The zero-order chi connectivity index (χ0) is 18.2. The van der Waals surface area contributed by atoms with Gasteiger partial charge in [-0.05, 0) is 54.5 Å². The highest BCUT2D eigenvalue weighted by molar-refractivity contribution is 6.10. The van der Waals surface area contributed by atoms with Crippen LogP contribution in [0.5, 0.6) is 5.75 Å². The lowest BCUT2D eigenvalue weighted by Crippen LogP contribution is -1.98. The van der Waals surface area contributed by atoms with Crippen LogP contribution in [-0.2, 0) is 0 Å². The van der Waals surface area contributed by atoms with Gasteiger partial charge in [0.15, 0.2) is 0 Å². The van der Waals surface area contributed by atoms with Crippen molar-refractivity contribution in [3.8, 4) is 29.4 Å². The van der Waals surface area contributed by atoms with E-state index in [0.717, 1.165) is 16.9 Å². The summed E-state index contributed by atoms with van der Waals surface area (Å²) in [7, 11) is 1.61. The van der Waals surface area contributed by atoms with Gasteiger partial charge < -0.3 is 4.74 Å². The first-order valence-electron chi connectivity index (χ1n) is 8.13. The van der Waals surface area contributed by atoms with E-state index in [-0.39, 0.29) is 5.78 Å². The minimum atomic E-state index is -0.251. The minimum Gasteiger partial charge on any atom is -0.497 e. The summed E-state index contributed by atoms with van der Waals surface area (Å²) < 4.78 is 5.11. The number of benzene rings is 3. The molecule has 26 heavy (non-hydrogen) atoms. The van der Waals surface area contributed by atoms with Gasteiger partial charge in [0.05, 0.1) is 7.11 Å². The van der Waals surface area contributed by atoms with Crippen LogP contribution in [0, 0.1) is 23.7 Å². The Morgan fingerprint density at radius 2 is 1.38 bits per heavy atom. The Hall–Kier alpha value is -3.75. The average Bonchev–Trinajstić information content (AvgIpc) is 2.72. The van der Waals surface area contributed by atoms with Crippen molar-refractivity contribution >= 4 is 5.78 Å². The molecule has 2 nitrogen and oxygen atoms in total. The molecule has 3 aromatic carbocycles. The summed E-state index contributed by atoms with van der Waals surface area (Å²) in [5, 5.41) is 0. The summed E-state index contributed by atoms with van der Waals surface area (Å²) in [4.78, 5) is 12.5. The van der Waals surface area contributed by atoms with Gasteiger partial charge in [-0.1, -0.05) is 48.1 Å². The second-order valence-corrected chi connectivity index (χ2v) is 5.47. The highest BCUT2D eigenvalue weighted by Gasteiger charge is 2.06. The normalized spacial score (nSPS) is 9.27. The molecular formula is C24H16O2. The van der Waals surface area contributed by atoms with Crippen molar-refractivity contribution in [3.05, 3.63) is 101 Å². The van der Waals surface area contributed by atoms with Gasteiger partial charge >= 0.3 is 0 Å². The van der Waals surface area contributed by atoms with E-state index < -0.39 is 0 Å². The molecule has 0 bridgehead atoms. The second kappa shape index (κ2) is 8.38. The summed E-state index contributed by atoms with van der Waals surface area (Å²) in [6.07, 6.45) is 0. The van der Waals surface area contributed by atoms with E-state index >= 15 is 0 Å². The molecule has 0 heterocycles. The molecule has 0 aliphatic heterocycles. The first-order valence-corrected chi connectivity index (χ1v) is 8.13. The fourth-order valence-corrected chi connectivity index (χ4v) is 2.32. The van der Waals surface area contributed by atoms with Crippen LogP contribution in [-0.4, -0.2) is 12.9 Å². The van der Waals surface area contributed by atoms with Crippen LogP contribution in [0.15, 0.2) is 78.9 Å². The van der Waals surface area contributed by atoms with Gasteiger partial charge in [-0.15, -0.1) is 0 Å². The standard InChI is InChI=1S/C24H16O2/c1-26-22-16-12-20(13-17-22)14-18-24(25)23-10-6-5-9-21(23)15-11-19-7-3-2-4-8-19/h2-10,12-13,16-17H,1H3. The summed E-state index contributed by atoms with van der Waals surface area (Å²) in [6.45, 7) is 0. The number of ketones is 1. The lowest BCUT2D eigenvalue weighted by Gasteiger charge is -1.99. The molecule has 0 saturated carbocycles. The molecule has 0 aliphatic carbocycles. The molecular weight excluding hydrogens is 320 g/mol. The number of Topliss-reactive ketones (excluding diaryl/α,β-unsaturated/α-hetero) is 1. The molecule has 0 unspecified atom stereocenters. The Labute approximate surface area is 153 Å². The van der Waals surface area contributed by atoms with Gasteiger partial charge in [-0.3, -0.25) is 4.79 Å². The third-order valence-electron chi connectivity index (χ3n) is 3.70. The molecule has 0 saturated heterocycles. The van der Waals surface area contributed by atoms with E-state index in [1.165, 1.54) is 0 Å². The number of ether oxygens (including phenoxy) is 1. The van der Waals surface area contributed by atoms with Gasteiger partial charge in [0.1, 0.15) is 5.75 Å². The van der Waals surface area contributed by atoms with Crippen molar-refractivity contribution in [2.75, 3.05) is 7.11 Å². The maximum atomic E-state index is 12.5. The number of carbonyl (C=O) groups excluding carboxylic acids is 1. The fraction of sp³-hybridized carbons (Fsp3) is 0.0417. The molecule has 0 N–H and O–H groups in total. The van der Waals surface area contributed by atoms with Gasteiger partial charge in [0.25, 0.3) is 0 Å². The Balaban J connectivity index is 1.85. The Morgan fingerprint density at radius 3 is 2.12 bits per heavy atom. The van der Waals surface area contributed by atoms with Crippen molar-refractivity contribution in [1.29, 1.82) is 0 Å². The van der Waals surface area contributed by atoms with Gasteiger partial charge in [-0.25, -0.2) is 0 Å². The van der Waals surface area contributed by atoms with E-state index in [9.17, 15) is 4.79 Å². The number of carbonyl (C=O) groups is 1. The van der Waals surface area contributed by atoms with E-state index in [0.29, 0.717) is 11.1 Å². The van der Waals surface area contributed by atoms with Crippen LogP contribution in [0.25, 0.3) is 0 Å². The summed E-state index contributed by atoms with van der Waals surface area (Å²) in [5.41, 5.74) is 2.84. The van der Waals surface area contributed by atoms with Crippen LogP contribution >= 0.6 is 0 Å². The SMILES string of the molecule is COc1ccc(C#CC(=O)c2ccccc2C#Cc2ccccc2)cc1. The predicted octanol–water partition coefficient (Wildman–Crippen LogP) is 4.33. The first kappa shape index (κ1) is 17.1. The van der Waals surface area contributed by atoms with Gasteiger partial charge in [0.2, 0.25) is 5.78 Å². The van der Waals surface area contributed by atoms with E-state index in [2.05, 4.69) is 23.7 Å². The molecule has 2 heteroatoms. The number of rotatable bonds is 2. The third-order valence-corrected chi connectivity index (χ3v) is 3.70. The van der Waals surface area contributed by atoms with Crippen LogP contribution in [0.3, 0.4) is 0 Å². The molecule has 0 aromatic heterocycles. The average molecular weight is 336 g/mol. The van der Waals surface area contributed by atoms with Crippen molar-refractivity contribution in [3.63, 3.8) is 0 Å². The molecule has 3 aromatic rings. The van der Waals surface area contributed by atoms with Gasteiger partial charge in [-0.2, -0.15) is 0 Å². The van der Waals surface area contributed by atoms with Crippen LogP contribution in [0.2, 0.25) is 0 Å². The minimum absolute atomic E-state index is 0.251. The summed E-state index contributed by atoms with van der Waals surface area (Å²) >= 11 is 0. The zero-order valence-electron chi connectivity index (χ0n) is 14.3.